The first-order valence-electron chi connectivity index (χ1n) is 3.95. The van der Waals surface area contributed by atoms with Crippen LogP contribution in [-0.4, -0.2) is 17.9 Å². The number of guanidine groups is 1. The van der Waals surface area contributed by atoms with Gasteiger partial charge in [-0.05, 0) is 22.0 Å². The van der Waals surface area contributed by atoms with E-state index in [0.717, 1.165) is 0 Å². The molecule has 0 bridgehead atoms. The monoisotopic (exact) mass is 272 g/mol. The minimum absolute atomic E-state index is 0.0115. The summed E-state index contributed by atoms with van der Waals surface area (Å²) in [6.07, 6.45) is 0. The van der Waals surface area contributed by atoms with E-state index in [4.69, 9.17) is 11.1 Å². The Bertz CT molecular complexity index is 421. The highest BCUT2D eigenvalue weighted by atomic mass is 79.9. The molecular formula is C8H9BrN4O2. The molecule has 0 aromatic heterocycles. The molecule has 80 valence electrons. The fourth-order valence-electron chi connectivity index (χ4n) is 1.01. The van der Waals surface area contributed by atoms with Crippen LogP contribution in [0, 0.1) is 15.5 Å². The molecule has 0 fully saturated rings. The van der Waals surface area contributed by atoms with Gasteiger partial charge < -0.3 is 10.6 Å². The van der Waals surface area contributed by atoms with E-state index in [-0.39, 0.29) is 11.6 Å². The average Bonchev–Trinajstić information content (AvgIpc) is 2.16. The molecule has 0 aliphatic rings. The minimum Gasteiger partial charge on any atom is -0.370 e. The number of hydrogen-bond acceptors (Lipinski definition) is 3. The summed E-state index contributed by atoms with van der Waals surface area (Å²) in [5.74, 6) is -0.135. The van der Waals surface area contributed by atoms with Crippen molar-refractivity contribution >= 4 is 33.3 Å². The number of nitrogens with two attached hydrogens (primary N) is 1. The molecule has 1 aromatic carbocycles. The number of non-ortho nitro benzene ring substituents is 1. The summed E-state index contributed by atoms with van der Waals surface area (Å²) in [7, 11) is 1.61. The highest BCUT2D eigenvalue weighted by Gasteiger charge is 2.12. The Hall–Kier alpha value is -1.63. The van der Waals surface area contributed by atoms with Gasteiger partial charge in [-0.3, -0.25) is 15.5 Å². The topological polar surface area (TPSA) is 96.2 Å². The van der Waals surface area contributed by atoms with E-state index in [0.29, 0.717) is 10.2 Å². The van der Waals surface area contributed by atoms with Gasteiger partial charge in [0.05, 0.1) is 10.6 Å². The number of rotatable bonds is 2. The van der Waals surface area contributed by atoms with E-state index in [1.165, 1.54) is 23.1 Å². The quantitative estimate of drug-likeness (QED) is 0.371. The zero-order chi connectivity index (χ0) is 11.6. The Kier molecular flexibility index (Phi) is 3.25. The van der Waals surface area contributed by atoms with Crippen LogP contribution in [0.1, 0.15) is 0 Å². The number of benzene rings is 1. The Labute approximate surface area is 94.5 Å². The van der Waals surface area contributed by atoms with Crippen molar-refractivity contribution in [2.24, 2.45) is 5.73 Å². The summed E-state index contributed by atoms with van der Waals surface area (Å²) < 4.78 is 0.523. The Morgan fingerprint density at radius 3 is 2.67 bits per heavy atom. The lowest BCUT2D eigenvalue weighted by molar-refractivity contribution is -0.384. The maximum Gasteiger partial charge on any atom is 0.270 e. The van der Waals surface area contributed by atoms with Gasteiger partial charge in [0.2, 0.25) is 0 Å². The second-order valence-electron chi connectivity index (χ2n) is 2.84. The van der Waals surface area contributed by atoms with E-state index in [1.54, 1.807) is 7.05 Å². The van der Waals surface area contributed by atoms with Gasteiger partial charge in [0.25, 0.3) is 5.69 Å². The second-order valence-corrected chi connectivity index (χ2v) is 3.69. The van der Waals surface area contributed by atoms with E-state index < -0.39 is 4.92 Å². The van der Waals surface area contributed by atoms with Crippen molar-refractivity contribution < 1.29 is 4.92 Å². The molecule has 0 radical (unpaired) electrons. The molecule has 0 heterocycles. The van der Waals surface area contributed by atoms with Gasteiger partial charge in [-0.25, -0.2) is 0 Å². The summed E-state index contributed by atoms with van der Waals surface area (Å²) >= 11 is 3.19. The van der Waals surface area contributed by atoms with Crippen LogP contribution < -0.4 is 10.6 Å². The summed E-state index contributed by atoms with van der Waals surface area (Å²) in [6.45, 7) is 0. The van der Waals surface area contributed by atoms with Gasteiger partial charge in [-0.1, -0.05) is 0 Å². The summed E-state index contributed by atoms with van der Waals surface area (Å²) in [4.78, 5) is 11.4. The van der Waals surface area contributed by atoms with Crippen LogP contribution in [0.25, 0.3) is 0 Å². The summed E-state index contributed by atoms with van der Waals surface area (Å²) in [5, 5.41) is 17.7. The molecule has 1 rings (SSSR count). The standard InChI is InChI=1S/C8H9BrN4O2/c1-12(8(10)11)7-3-2-5(13(14)15)4-6(7)9/h2-4H,1H3,(H3,10,11). The van der Waals surface area contributed by atoms with Gasteiger partial charge in [0.15, 0.2) is 5.96 Å². The number of nitro benzene ring substituents is 1. The highest BCUT2D eigenvalue weighted by Crippen LogP contribution is 2.29. The fourth-order valence-corrected chi connectivity index (χ4v) is 1.64. The second kappa shape index (κ2) is 4.26. The molecule has 0 saturated carbocycles. The Morgan fingerprint density at radius 1 is 1.67 bits per heavy atom. The minimum atomic E-state index is -0.484. The molecule has 0 spiro atoms. The van der Waals surface area contributed by atoms with Crippen LogP contribution in [0.15, 0.2) is 22.7 Å². The van der Waals surface area contributed by atoms with Gasteiger partial charge in [0, 0.05) is 23.7 Å². The lowest BCUT2D eigenvalue weighted by Gasteiger charge is -2.17. The first-order chi connectivity index (χ1) is 6.93. The lowest BCUT2D eigenvalue weighted by Crippen LogP contribution is -2.32. The first kappa shape index (κ1) is 11.4. The third-order valence-corrected chi connectivity index (χ3v) is 2.50. The SMILES string of the molecule is CN(C(=N)N)c1ccc([N+](=O)[O-])cc1Br. The molecule has 6 nitrogen and oxygen atoms in total. The largest absolute Gasteiger partial charge is 0.370 e. The number of anilines is 1. The summed E-state index contributed by atoms with van der Waals surface area (Å²) in [6, 6.07) is 4.26. The Morgan fingerprint density at radius 2 is 2.27 bits per heavy atom. The van der Waals surface area contributed by atoms with Crippen LogP contribution in [0.5, 0.6) is 0 Å². The summed E-state index contributed by atoms with van der Waals surface area (Å²) in [5.41, 5.74) is 5.88. The molecule has 7 heteroatoms. The zero-order valence-electron chi connectivity index (χ0n) is 7.90. The van der Waals surface area contributed by atoms with Gasteiger partial charge in [0.1, 0.15) is 0 Å². The van der Waals surface area contributed by atoms with Crippen molar-refractivity contribution in [3.8, 4) is 0 Å². The van der Waals surface area contributed by atoms with E-state index in [1.807, 2.05) is 0 Å². The van der Waals surface area contributed by atoms with Crippen molar-refractivity contribution in [3.05, 3.63) is 32.8 Å². The predicted octanol–water partition coefficient (Wildman–Crippen LogP) is 1.69. The molecule has 0 saturated heterocycles. The number of nitrogens with zero attached hydrogens (tertiary/aromatic N) is 2. The van der Waals surface area contributed by atoms with Crippen LogP contribution in [-0.2, 0) is 0 Å². The lowest BCUT2D eigenvalue weighted by atomic mass is 10.2. The third-order valence-electron chi connectivity index (χ3n) is 1.86. The number of nitrogens with one attached hydrogen (secondary N) is 1. The maximum atomic E-state index is 10.5. The van der Waals surface area contributed by atoms with E-state index in [9.17, 15) is 10.1 Å². The molecule has 0 aliphatic carbocycles. The molecule has 15 heavy (non-hydrogen) atoms. The fraction of sp³-hybridized carbons (Fsp3) is 0.125. The van der Waals surface area contributed by atoms with Crippen LogP contribution in [0.3, 0.4) is 0 Å². The van der Waals surface area contributed by atoms with Crippen molar-refractivity contribution in [1.82, 2.24) is 0 Å². The first-order valence-corrected chi connectivity index (χ1v) is 4.74. The maximum absolute atomic E-state index is 10.5. The molecule has 0 unspecified atom stereocenters. The molecule has 0 aliphatic heterocycles. The smallest absolute Gasteiger partial charge is 0.270 e. The molecule has 0 atom stereocenters. The third kappa shape index (κ3) is 2.44. The number of nitro groups is 1. The molecule has 3 N–H and O–H groups in total. The zero-order valence-corrected chi connectivity index (χ0v) is 9.48. The molecule has 0 amide bonds. The van der Waals surface area contributed by atoms with Crippen molar-refractivity contribution in [1.29, 1.82) is 5.41 Å². The van der Waals surface area contributed by atoms with Gasteiger partial charge >= 0.3 is 0 Å². The van der Waals surface area contributed by atoms with Gasteiger partial charge in [-0.15, -0.1) is 0 Å². The number of halogens is 1. The van der Waals surface area contributed by atoms with Crippen LogP contribution in [0.4, 0.5) is 11.4 Å². The van der Waals surface area contributed by atoms with Crippen molar-refractivity contribution in [2.45, 2.75) is 0 Å². The van der Waals surface area contributed by atoms with Crippen molar-refractivity contribution in [2.75, 3.05) is 11.9 Å². The van der Waals surface area contributed by atoms with Crippen LogP contribution >= 0.6 is 15.9 Å². The average molecular weight is 273 g/mol. The molecule has 1 aromatic rings. The number of hydrogen-bond donors (Lipinski definition) is 2. The molecular weight excluding hydrogens is 264 g/mol. The predicted molar refractivity (Wildman–Crippen MR) is 61.1 cm³/mol. The van der Waals surface area contributed by atoms with E-state index in [2.05, 4.69) is 15.9 Å². The van der Waals surface area contributed by atoms with Crippen LogP contribution in [0.2, 0.25) is 0 Å². The highest BCUT2D eigenvalue weighted by molar-refractivity contribution is 9.10. The Balaban J connectivity index is 3.13. The van der Waals surface area contributed by atoms with Crippen molar-refractivity contribution in [3.63, 3.8) is 0 Å². The van der Waals surface area contributed by atoms with Gasteiger partial charge in [-0.2, -0.15) is 0 Å². The normalized spacial score (nSPS) is 9.73. The van der Waals surface area contributed by atoms with E-state index >= 15 is 0 Å².